The van der Waals surface area contributed by atoms with Crippen molar-refractivity contribution in [3.63, 3.8) is 0 Å². The number of aldehydes is 1. The number of methoxy groups -OCH3 is 1. The van der Waals surface area contributed by atoms with E-state index < -0.39 is 0 Å². The SMILES string of the molecule is COc1ccc(N(C)Cc2ccc(-n3c(-c4cccnc4N)nc4ccc(-c5ccccc5)nc43)cc2)cc1C=O. The van der Waals surface area contributed by atoms with Gasteiger partial charge in [0, 0.05) is 36.7 Å². The lowest BCUT2D eigenvalue weighted by atomic mass is 10.1. The number of fused-ring (bicyclic) bond motifs is 1. The maximum atomic E-state index is 11.5. The maximum absolute atomic E-state index is 11.5. The van der Waals surface area contributed by atoms with E-state index in [0.29, 0.717) is 29.5 Å². The van der Waals surface area contributed by atoms with Crippen molar-refractivity contribution in [2.45, 2.75) is 6.54 Å². The molecule has 6 aromatic rings. The molecule has 0 fully saturated rings. The topological polar surface area (TPSA) is 99.2 Å². The molecule has 8 heteroatoms. The largest absolute Gasteiger partial charge is 0.496 e. The average molecular weight is 541 g/mol. The number of rotatable bonds is 8. The molecule has 0 atom stereocenters. The molecule has 2 N–H and O–H groups in total. The van der Waals surface area contributed by atoms with E-state index in [2.05, 4.69) is 34.1 Å². The van der Waals surface area contributed by atoms with Gasteiger partial charge in [-0.3, -0.25) is 9.36 Å². The molecule has 3 heterocycles. The quantitative estimate of drug-likeness (QED) is 0.230. The first-order valence-corrected chi connectivity index (χ1v) is 13.1. The predicted molar refractivity (Wildman–Crippen MR) is 162 cm³/mol. The third-order valence-electron chi connectivity index (χ3n) is 7.05. The Bertz CT molecular complexity index is 1850. The Morgan fingerprint density at radius 3 is 2.46 bits per heavy atom. The van der Waals surface area contributed by atoms with Crippen LogP contribution in [-0.2, 0) is 6.54 Å². The molecule has 0 amide bonds. The second kappa shape index (κ2) is 10.9. The van der Waals surface area contributed by atoms with Crippen molar-refractivity contribution in [2.75, 3.05) is 24.8 Å². The molecule has 0 aliphatic carbocycles. The van der Waals surface area contributed by atoms with Crippen LogP contribution in [0.25, 0.3) is 39.5 Å². The van der Waals surface area contributed by atoms with Crippen LogP contribution in [0.1, 0.15) is 15.9 Å². The number of hydrogen-bond donors (Lipinski definition) is 1. The number of ether oxygens (including phenoxy) is 1. The van der Waals surface area contributed by atoms with Crippen LogP contribution in [0.5, 0.6) is 5.75 Å². The predicted octanol–water partition coefficient (Wildman–Crippen LogP) is 6.19. The van der Waals surface area contributed by atoms with Crippen molar-refractivity contribution in [1.29, 1.82) is 0 Å². The number of pyridine rings is 2. The zero-order valence-electron chi connectivity index (χ0n) is 22.7. The van der Waals surface area contributed by atoms with Gasteiger partial charge < -0.3 is 15.4 Å². The first-order chi connectivity index (χ1) is 20.1. The summed E-state index contributed by atoms with van der Waals surface area (Å²) in [5.74, 6) is 1.63. The molecule has 6 rings (SSSR count). The molecule has 0 aliphatic rings. The molecular weight excluding hydrogens is 512 g/mol. The van der Waals surface area contributed by atoms with Gasteiger partial charge in [0.2, 0.25) is 0 Å². The molecule has 41 heavy (non-hydrogen) atoms. The first kappa shape index (κ1) is 25.8. The van der Waals surface area contributed by atoms with Gasteiger partial charge in [-0.2, -0.15) is 0 Å². The Kier molecular flexibility index (Phi) is 6.87. The van der Waals surface area contributed by atoms with Crippen LogP contribution in [0.3, 0.4) is 0 Å². The van der Waals surface area contributed by atoms with Crippen LogP contribution in [0.4, 0.5) is 11.5 Å². The summed E-state index contributed by atoms with van der Waals surface area (Å²) in [6.45, 7) is 0.647. The minimum atomic E-state index is 0.403. The number of nitrogens with two attached hydrogens (primary N) is 1. The van der Waals surface area contributed by atoms with Gasteiger partial charge in [0.05, 0.1) is 23.9 Å². The van der Waals surface area contributed by atoms with E-state index in [-0.39, 0.29) is 0 Å². The van der Waals surface area contributed by atoms with Gasteiger partial charge in [0.1, 0.15) is 17.1 Å². The van der Waals surface area contributed by atoms with Crippen molar-refractivity contribution < 1.29 is 9.53 Å². The van der Waals surface area contributed by atoms with Crippen molar-refractivity contribution in [3.05, 3.63) is 114 Å². The zero-order valence-corrected chi connectivity index (χ0v) is 22.7. The number of carbonyl (C=O) groups excluding carboxylic acids is 1. The van der Waals surface area contributed by atoms with Crippen molar-refractivity contribution in [2.24, 2.45) is 0 Å². The summed E-state index contributed by atoms with van der Waals surface area (Å²) in [4.78, 5) is 27.8. The van der Waals surface area contributed by atoms with Crippen molar-refractivity contribution in [1.82, 2.24) is 19.5 Å². The number of nitrogens with zero attached hydrogens (tertiary/aromatic N) is 5. The molecule has 0 saturated carbocycles. The molecule has 0 unspecified atom stereocenters. The van der Waals surface area contributed by atoms with Crippen molar-refractivity contribution in [3.8, 4) is 34.1 Å². The van der Waals surface area contributed by atoms with E-state index in [0.717, 1.165) is 51.2 Å². The molecule has 3 aromatic carbocycles. The summed E-state index contributed by atoms with van der Waals surface area (Å²) in [6, 6.07) is 31.7. The number of imidazole rings is 1. The summed E-state index contributed by atoms with van der Waals surface area (Å²) in [7, 11) is 3.55. The molecule has 3 aromatic heterocycles. The number of carbonyl (C=O) groups is 1. The Labute approximate surface area is 237 Å². The summed E-state index contributed by atoms with van der Waals surface area (Å²) >= 11 is 0. The van der Waals surface area contributed by atoms with Crippen LogP contribution in [0.2, 0.25) is 0 Å². The Hall–Kier alpha value is -5.50. The molecule has 0 saturated heterocycles. The summed E-state index contributed by atoms with van der Waals surface area (Å²) in [6.07, 6.45) is 2.48. The van der Waals surface area contributed by atoms with Crippen LogP contribution in [0, 0.1) is 0 Å². The standard InChI is InChI=1S/C33H28N6O2/c1-38(26-14-17-30(41-2)24(19-26)21-40)20-22-10-12-25(13-11-22)39-32(27-9-6-18-35-31(27)34)37-29-16-15-28(36-33(29)39)23-7-4-3-5-8-23/h3-19,21H,20H2,1-2H3,(H2,34,35). The highest BCUT2D eigenvalue weighted by molar-refractivity contribution is 5.85. The van der Waals surface area contributed by atoms with Gasteiger partial charge in [0.15, 0.2) is 17.8 Å². The maximum Gasteiger partial charge on any atom is 0.165 e. The fourth-order valence-electron chi connectivity index (χ4n) is 4.93. The number of benzene rings is 3. The minimum Gasteiger partial charge on any atom is -0.496 e. The summed E-state index contributed by atoms with van der Waals surface area (Å²) in [5.41, 5.74) is 13.9. The highest BCUT2D eigenvalue weighted by Gasteiger charge is 2.19. The Morgan fingerprint density at radius 1 is 0.927 bits per heavy atom. The van der Waals surface area contributed by atoms with E-state index >= 15 is 0 Å². The van der Waals surface area contributed by atoms with Crippen LogP contribution in [-0.4, -0.2) is 40.0 Å². The molecule has 8 nitrogen and oxygen atoms in total. The summed E-state index contributed by atoms with van der Waals surface area (Å²) < 4.78 is 7.31. The van der Waals surface area contributed by atoms with Gasteiger partial charge in [0.25, 0.3) is 0 Å². The number of nitrogen functional groups attached to an aromatic ring is 1. The number of hydrogen-bond acceptors (Lipinski definition) is 7. The molecule has 202 valence electrons. The Morgan fingerprint density at radius 2 is 1.73 bits per heavy atom. The van der Waals surface area contributed by atoms with Crippen LogP contribution in [0.15, 0.2) is 103 Å². The van der Waals surface area contributed by atoms with Crippen molar-refractivity contribution >= 4 is 29.0 Å². The normalized spacial score (nSPS) is 11.0. The lowest BCUT2D eigenvalue weighted by molar-refractivity contribution is 0.112. The van der Waals surface area contributed by atoms with Gasteiger partial charge in [-0.15, -0.1) is 0 Å². The lowest BCUT2D eigenvalue weighted by Gasteiger charge is -2.21. The average Bonchev–Trinajstić information content (AvgIpc) is 3.40. The molecule has 0 aliphatic heterocycles. The molecular formula is C33H28N6O2. The van der Waals surface area contributed by atoms with E-state index in [1.165, 1.54) is 0 Å². The van der Waals surface area contributed by atoms with E-state index in [4.69, 9.17) is 20.4 Å². The molecule has 0 spiro atoms. The highest BCUT2D eigenvalue weighted by Crippen LogP contribution is 2.32. The van der Waals surface area contributed by atoms with Gasteiger partial charge in [-0.05, 0) is 60.2 Å². The van der Waals surface area contributed by atoms with Gasteiger partial charge >= 0.3 is 0 Å². The molecule has 0 bridgehead atoms. The van der Waals surface area contributed by atoms with Gasteiger partial charge in [-0.25, -0.2) is 15.0 Å². The number of aromatic nitrogens is 4. The second-order valence-corrected chi connectivity index (χ2v) is 9.68. The van der Waals surface area contributed by atoms with E-state index in [9.17, 15) is 4.79 Å². The van der Waals surface area contributed by atoms with E-state index in [1.54, 1.807) is 13.3 Å². The lowest BCUT2D eigenvalue weighted by Crippen LogP contribution is -2.16. The van der Waals surface area contributed by atoms with Gasteiger partial charge in [-0.1, -0.05) is 42.5 Å². The Balaban J connectivity index is 1.39. The highest BCUT2D eigenvalue weighted by atomic mass is 16.5. The molecule has 0 radical (unpaired) electrons. The minimum absolute atomic E-state index is 0.403. The number of anilines is 2. The monoisotopic (exact) mass is 540 g/mol. The summed E-state index contributed by atoms with van der Waals surface area (Å²) in [5, 5.41) is 0. The van der Waals surface area contributed by atoms with Crippen LogP contribution < -0.4 is 15.4 Å². The smallest absolute Gasteiger partial charge is 0.165 e. The van der Waals surface area contributed by atoms with E-state index in [1.807, 2.05) is 84.4 Å². The first-order valence-electron chi connectivity index (χ1n) is 13.1. The van der Waals surface area contributed by atoms with Crippen LogP contribution >= 0.6 is 0 Å². The fourth-order valence-corrected chi connectivity index (χ4v) is 4.93. The third-order valence-corrected chi connectivity index (χ3v) is 7.05. The third kappa shape index (κ3) is 4.98. The second-order valence-electron chi connectivity index (χ2n) is 9.68. The zero-order chi connectivity index (χ0) is 28.3. The fraction of sp³-hybridized carbons (Fsp3) is 0.0909.